The summed E-state index contributed by atoms with van der Waals surface area (Å²) in [5.41, 5.74) is 12.9. The van der Waals surface area contributed by atoms with Gasteiger partial charge in [0.15, 0.2) is 0 Å². The summed E-state index contributed by atoms with van der Waals surface area (Å²) in [7, 11) is -4.51. The van der Waals surface area contributed by atoms with Crippen molar-refractivity contribution in [2.24, 2.45) is 0 Å². The SMILES string of the molecule is CCc1cc(C)cc(CC)c1Nc1ccc2c(-c3ccccc3S(=O)(=O)O)c3ccc(=[NH+]c4c(CC)cc(C)cc4CC)cc-3oc2c1. The fraction of sp³-hybridized carbons (Fsp3) is 0.244. The molecule has 0 unspecified atom stereocenters. The lowest BCUT2D eigenvalue weighted by Crippen LogP contribution is -2.71. The Labute approximate surface area is 283 Å². The molecule has 2 aliphatic rings. The average Bonchev–Trinajstić information content (AvgIpc) is 3.07. The molecular formula is C41H43N2O4S+. The fourth-order valence-electron chi connectivity index (χ4n) is 6.84. The molecule has 0 saturated heterocycles. The van der Waals surface area contributed by atoms with Crippen LogP contribution >= 0.6 is 0 Å². The molecule has 0 fully saturated rings. The van der Waals surface area contributed by atoms with Crippen LogP contribution in [0.15, 0.2) is 94.2 Å². The third-order valence-corrected chi connectivity index (χ3v) is 10.0. The van der Waals surface area contributed by atoms with Crippen LogP contribution in [0.25, 0.3) is 33.4 Å². The van der Waals surface area contributed by atoms with Crippen LogP contribution in [0.3, 0.4) is 0 Å². The number of hydrogen-bond acceptors (Lipinski definition) is 4. The average molecular weight is 660 g/mol. The zero-order valence-electron chi connectivity index (χ0n) is 28.5. The van der Waals surface area contributed by atoms with E-state index >= 15 is 0 Å². The van der Waals surface area contributed by atoms with Crippen LogP contribution in [0.4, 0.5) is 17.1 Å². The van der Waals surface area contributed by atoms with E-state index in [1.807, 2.05) is 36.4 Å². The minimum Gasteiger partial charge on any atom is -0.456 e. The first-order valence-corrected chi connectivity index (χ1v) is 18.2. The van der Waals surface area contributed by atoms with E-state index in [0.717, 1.165) is 59.1 Å². The molecule has 7 heteroatoms. The third-order valence-electron chi connectivity index (χ3n) is 9.11. The Balaban J connectivity index is 1.62. The van der Waals surface area contributed by atoms with Gasteiger partial charge in [-0.3, -0.25) is 4.55 Å². The van der Waals surface area contributed by atoms with Gasteiger partial charge in [0.05, 0.1) is 6.07 Å². The summed E-state index contributed by atoms with van der Waals surface area (Å²) < 4.78 is 42.2. The molecule has 1 heterocycles. The Morgan fingerprint density at radius 3 is 1.92 bits per heavy atom. The van der Waals surface area contributed by atoms with E-state index in [2.05, 4.69) is 76.1 Å². The van der Waals surface area contributed by atoms with Crippen LogP contribution in [-0.2, 0) is 35.8 Å². The van der Waals surface area contributed by atoms with Crippen molar-refractivity contribution in [3.63, 3.8) is 0 Å². The summed E-state index contributed by atoms with van der Waals surface area (Å²) >= 11 is 0. The van der Waals surface area contributed by atoms with E-state index in [4.69, 9.17) is 4.42 Å². The first-order valence-electron chi connectivity index (χ1n) is 16.7. The largest absolute Gasteiger partial charge is 0.456 e. The first kappa shape index (κ1) is 33.2. The quantitative estimate of drug-likeness (QED) is 0.107. The molecule has 0 bridgehead atoms. The maximum Gasteiger partial charge on any atom is 0.295 e. The van der Waals surface area contributed by atoms with Gasteiger partial charge in [-0.25, -0.2) is 4.99 Å². The van der Waals surface area contributed by atoms with Gasteiger partial charge >= 0.3 is 0 Å². The molecule has 1 aliphatic heterocycles. The highest BCUT2D eigenvalue weighted by atomic mass is 32.2. The lowest BCUT2D eigenvalue weighted by molar-refractivity contribution is -0.403. The molecule has 0 aromatic heterocycles. The molecule has 1 aliphatic carbocycles. The van der Waals surface area contributed by atoms with Gasteiger partial charge < -0.3 is 9.73 Å². The second-order valence-corrected chi connectivity index (χ2v) is 13.8. The van der Waals surface area contributed by atoms with Crippen molar-refractivity contribution in [1.82, 2.24) is 0 Å². The van der Waals surface area contributed by atoms with Gasteiger partial charge in [0.1, 0.15) is 16.2 Å². The molecule has 4 aromatic carbocycles. The van der Waals surface area contributed by atoms with Crippen molar-refractivity contribution in [3.8, 4) is 22.5 Å². The number of fused-ring (bicyclic) bond motifs is 2. The number of hydrogen-bond donors (Lipinski definition) is 3. The molecule has 0 amide bonds. The highest BCUT2D eigenvalue weighted by Crippen LogP contribution is 2.43. The Kier molecular flexibility index (Phi) is 9.28. The molecule has 0 saturated carbocycles. The Morgan fingerprint density at radius 1 is 0.708 bits per heavy atom. The summed E-state index contributed by atoms with van der Waals surface area (Å²) in [4.78, 5) is 3.52. The topological polar surface area (TPSA) is 93.5 Å². The minimum absolute atomic E-state index is 0.150. The number of benzene rings is 5. The van der Waals surface area contributed by atoms with Gasteiger partial charge in [-0.2, -0.15) is 8.42 Å². The maximum atomic E-state index is 12.6. The monoisotopic (exact) mass is 659 g/mol. The van der Waals surface area contributed by atoms with E-state index in [1.54, 1.807) is 18.2 Å². The predicted octanol–water partition coefficient (Wildman–Crippen LogP) is 8.37. The molecule has 48 heavy (non-hydrogen) atoms. The highest BCUT2D eigenvalue weighted by Gasteiger charge is 2.24. The van der Waals surface area contributed by atoms with Crippen molar-refractivity contribution in [2.45, 2.75) is 72.1 Å². The smallest absolute Gasteiger partial charge is 0.295 e. The highest BCUT2D eigenvalue weighted by molar-refractivity contribution is 7.86. The molecule has 6 rings (SSSR count). The Hall–Kier alpha value is -4.72. The summed E-state index contributed by atoms with van der Waals surface area (Å²) in [5.74, 6) is 0.590. The van der Waals surface area contributed by atoms with E-state index in [-0.39, 0.29) is 4.90 Å². The molecule has 0 spiro atoms. The molecule has 3 N–H and O–H groups in total. The van der Waals surface area contributed by atoms with Crippen LogP contribution in [0.2, 0.25) is 0 Å². The van der Waals surface area contributed by atoms with Crippen molar-refractivity contribution >= 4 is 38.1 Å². The molecule has 0 radical (unpaired) electrons. The number of aryl methyl sites for hydroxylation is 6. The Bertz CT molecular complexity index is 2270. The van der Waals surface area contributed by atoms with Gasteiger partial charge in [0, 0.05) is 56.7 Å². The van der Waals surface area contributed by atoms with Gasteiger partial charge in [-0.1, -0.05) is 69.2 Å². The van der Waals surface area contributed by atoms with Crippen LogP contribution in [0.1, 0.15) is 61.1 Å². The summed E-state index contributed by atoms with van der Waals surface area (Å²) in [6.07, 6.45) is 3.58. The summed E-state index contributed by atoms with van der Waals surface area (Å²) in [6, 6.07) is 27.3. The lowest BCUT2D eigenvalue weighted by atomic mass is 9.93. The Morgan fingerprint density at radius 2 is 1.31 bits per heavy atom. The number of nitrogens with one attached hydrogen (secondary N) is 2. The zero-order valence-corrected chi connectivity index (χ0v) is 29.3. The third kappa shape index (κ3) is 6.40. The van der Waals surface area contributed by atoms with E-state index in [1.165, 1.54) is 39.4 Å². The van der Waals surface area contributed by atoms with Gasteiger partial charge in [0.25, 0.3) is 10.1 Å². The second-order valence-electron chi connectivity index (χ2n) is 12.5. The molecular weight excluding hydrogens is 617 g/mol. The molecule has 0 atom stereocenters. The predicted molar refractivity (Wildman–Crippen MR) is 195 cm³/mol. The molecule has 4 aromatic rings. The fourth-order valence-corrected chi connectivity index (χ4v) is 7.54. The van der Waals surface area contributed by atoms with Crippen molar-refractivity contribution in [1.29, 1.82) is 0 Å². The number of anilines is 2. The molecule has 6 nitrogen and oxygen atoms in total. The van der Waals surface area contributed by atoms with Gasteiger partial charge in [0.2, 0.25) is 11.0 Å². The van der Waals surface area contributed by atoms with Gasteiger partial charge in [-0.05, 0) is 87.1 Å². The zero-order chi connectivity index (χ0) is 34.2. The van der Waals surface area contributed by atoms with Crippen LogP contribution in [0, 0.1) is 13.8 Å². The van der Waals surface area contributed by atoms with E-state index in [9.17, 15) is 13.0 Å². The normalized spacial score (nSPS) is 12.3. The second kappa shape index (κ2) is 13.4. The lowest BCUT2D eigenvalue weighted by Gasteiger charge is -2.19. The maximum absolute atomic E-state index is 12.6. The van der Waals surface area contributed by atoms with Crippen LogP contribution < -0.4 is 15.7 Å². The van der Waals surface area contributed by atoms with Gasteiger partial charge in [-0.15, -0.1) is 0 Å². The summed E-state index contributed by atoms with van der Waals surface area (Å²) in [6.45, 7) is 12.9. The van der Waals surface area contributed by atoms with Crippen LogP contribution in [0.5, 0.6) is 0 Å². The van der Waals surface area contributed by atoms with Crippen molar-refractivity contribution in [3.05, 3.63) is 124 Å². The minimum atomic E-state index is -4.51. The standard InChI is InChI=1S/C41H42N2O4S/c1-7-27-19-25(5)20-28(8-2)40(27)42-31-15-17-33-36(23-31)47-37-24-32(43-41-29(9-3)21-26(6)22-30(41)10-4)16-18-34(37)39(33)35-13-11-12-14-38(35)48(44,45)46/h11-24,42H,7-10H2,1-6H3,(H,44,45,46)/p+1. The summed E-state index contributed by atoms with van der Waals surface area (Å²) in [5, 5.41) is 5.27. The number of rotatable bonds is 9. The van der Waals surface area contributed by atoms with E-state index in [0.29, 0.717) is 22.5 Å². The van der Waals surface area contributed by atoms with E-state index < -0.39 is 10.1 Å². The first-order chi connectivity index (χ1) is 23.0. The van der Waals surface area contributed by atoms with Crippen molar-refractivity contribution < 1.29 is 22.4 Å². The molecule has 246 valence electrons. The van der Waals surface area contributed by atoms with Crippen LogP contribution in [-0.4, -0.2) is 13.0 Å². The van der Waals surface area contributed by atoms with Crippen molar-refractivity contribution in [2.75, 3.05) is 5.32 Å².